The predicted octanol–water partition coefficient (Wildman–Crippen LogP) is 4.34. The van der Waals surface area contributed by atoms with Gasteiger partial charge in [-0.1, -0.05) is 40.3 Å². The van der Waals surface area contributed by atoms with Crippen molar-refractivity contribution in [2.24, 2.45) is 28.1 Å². The molecule has 1 aromatic heterocycles. The Morgan fingerprint density at radius 3 is 2.59 bits per heavy atom. The first-order chi connectivity index (χ1) is 15.9. The maximum atomic E-state index is 12.9. The van der Waals surface area contributed by atoms with Crippen molar-refractivity contribution < 1.29 is 33.0 Å². The topological polar surface area (TPSA) is 95.3 Å². The molecule has 2 saturated heterocycles. The van der Waals surface area contributed by atoms with E-state index in [1.54, 1.807) is 18.6 Å². The molecular formula is C27H32O7. The first kappa shape index (κ1) is 23.1. The molecule has 0 bridgehead atoms. The Hall–Kier alpha value is -2.67. The fraction of sp³-hybridized carbons (Fsp3) is 0.593. The van der Waals surface area contributed by atoms with Gasteiger partial charge in [-0.05, 0) is 47.8 Å². The van der Waals surface area contributed by atoms with E-state index in [1.807, 2.05) is 26.0 Å². The molecule has 5 rings (SSSR count). The predicted molar refractivity (Wildman–Crippen MR) is 121 cm³/mol. The first-order valence-electron chi connectivity index (χ1n) is 11.8. The molecule has 7 atom stereocenters. The van der Waals surface area contributed by atoms with E-state index in [2.05, 4.69) is 20.4 Å². The lowest BCUT2D eigenvalue weighted by molar-refractivity contribution is -0.168. The van der Waals surface area contributed by atoms with Crippen LogP contribution in [0.1, 0.15) is 58.6 Å². The molecule has 1 unspecified atom stereocenters. The molecule has 7 nitrogen and oxygen atoms in total. The maximum Gasteiger partial charge on any atom is 0.339 e. The number of cyclic esters (lactones) is 1. The lowest BCUT2D eigenvalue weighted by Crippen LogP contribution is -2.58. The third kappa shape index (κ3) is 2.76. The van der Waals surface area contributed by atoms with E-state index in [0.717, 1.165) is 24.0 Å². The second-order valence-corrected chi connectivity index (χ2v) is 11.3. The van der Waals surface area contributed by atoms with Crippen LogP contribution in [-0.2, 0) is 28.6 Å². The van der Waals surface area contributed by atoms with Gasteiger partial charge in [0.25, 0.3) is 0 Å². The molecule has 0 aromatic carbocycles. The van der Waals surface area contributed by atoms with Crippen molar-refractivity contribution in [3.63, 3.8) is 0 Å². The Labute approximate surface area is 199 Å². The molecule has 2 aliphatic heterocycles. The molecule has 3 heterocycles. The van der Waals surface area contributed by atoms with Crippen LogP contribution in [0.3, 0.4) is 0 Å². The normalized spacial score (nSPS) is 42.4. The highest BCUT2D eigenvalue weighted by molar-refractivity contribution is 5.96. The van der Waals surface area contributed by atoms with E-state index in [0.29, 0.717) is 0 Å². The molecule has 3 fully saturated rings. The average Bonchev–Trinajstić information content (AvgIpc) is 3.35. The lowest BCUT2D eigenvalue weighted by Gasteiger charge is -2.56. The number of epoxide rings is 1. The average molecular weight is 469 g/mol. The van der Waals surface area contributed by atoms with E-state index in [-0.39, 0.29) is 30.0 Å². The van der Waals surface area contributed by atoms with Crippen molar-refractivity contribution in [3.8, 4) is 0 Å². The second-order valence-electron chi connectivity index (χ2n) is 11.3. The molecule has 1 aromatic rings. The zero-order chi connectivity index (χ0) is 24.7. The van der Waals surface area contributed by atoms with Gasteiger partial charge in [-0.25, -0.2) is 4.79 Å². The van der Waals surface area contributed by atoms with Crippen molar-refractivity contribution in [2.45, 2.75) is 64.8 Å². The van der Waals surface area contributed by atoms with Gasteiger partial charge in [0, 0.05) is 16.4 Å². The molecule has 2 aliphatic carbocycles. The van der Waals surface area contributed by atoms with Gasteiger partial charge in [0.2, 0.25) is 0 Å². The summed E-state index contributed by atoms with van der Waals surface area (Å²) in [7, 11) is 1.36. The third-order valence-electron chi connectivity index (χ3n) is 9.39. The van der Waals surface area contributed by atoms with Gasteiger partial charge >= 0.3 is 11.9 Å². The Bertz CT molecular complexity index is 1100. The van der Waals surface area contributed by atoms with Gasteiger partial charge in [-0.15, -0.1) is 0 Å². The molecule has 0 radical (unpaired) electrons. The summed E-state index contributed by atoms with van der Waals surface area (Å²) >= 11 is 0. The van der Waals surface area contributed by atoms with Crippen LogP contribution in [0.5, 0.6) is 0 Å². The zero-order valence-electron chi connectivity index (χ0n) is 20.4. The fourth-order valence-electron chi connectivity index (χ4n) is 7.27. The summed E-state index contributed by atoms with van der Waals surface area (Å²) in [5, 5.41) is 0. The van der Waals surface area contributed by atoms with E-state index < -0.39 is 40.0 Å². The van der Waals surface area contributed by atoms with Crippen LogP contribution in [0.25, 0.3) is 0 Å². The molecule has 1 spiro atoms. The van der Waals surface area contributed by atoms with E-state index >= 15 is 0 Å². The molecule has 7 heteroatoms. The number of carbonyl (C=O) groups excluding carboxylic acids is 3. The fourth-order valence-corrected chi connectivity index (χ4v) is 7.27. The monoisotopic (exact) mass is 468 g/mol. The Morgan fingerprint density at radius 1 is 1.21 bits per heavy atom. The molecular weight excluding hydrogens is 436 g/mol. The lowest BCUT2D eigenvalue weighted by atomic mass is 9.47. The number of rotatable bonds is 4. The minimum atomic E-state index is -0.856. The van der Waals surface area contributed by atoms with Gasteiger partial charge in [0.05, 0.1) is 26.1 Å². The number of ketones is 1. The molecule has 0 amide bonds. The Balaban J connectivity index is 1.57. The van der Waals surface area contributed by atoms with E-state index in [9.17, 15) is 14.4 Å². The number of ether oxygens (including phenoxy) is 3. The smallest absolute Gasteiger partial charge is 0.339 e. The van der Waals surface area contributed by atoms with Crippen LogP contribution in [0.15, 0.2) is 47.3 Å². The summed E-state index contributed by atoms with van der Waals surface area (Å²) in [4.78, 5) is 38.2. The van der Waals surface area contributed by atoms with Crippen LogP contribution >= 0.6 is 0 Å². The van der Waals surface area contributed by atoms with Crippen LogP contribution in [0.2, 0.25) is 0 Å². The summed E-state index contributed by atoms with van der Waals surface area (Å²) in [5.41, 5.74) is -1.04. The number of esters is 2. The van der Waals surface area contributed by atoms with Gasteiger partial charge < -0.3 is 18.6 Å². The summed E-state index contributed by atoms with van der Waals surface area (Å²) in [5.74, 6) is -1.15. The summed E-state index contributed by atoms with van der Waals surface area (Å²) in [6.45, 7) is 12.5. The van der Waals surface area contributed by atoms with Crippen molar-refractivity contribution >= 4 is 17.7 Å². The number of allylic oxidation sites excluding steroid dienone is 2. The SMILES string of the molecule is C=C1[C@@H]([C@@]2(C)C=CC(=O)C(C)(C)[C@@H]2CC(=O)OC)CC[C@@]2(C)C(c3ccoc3)OC(=O)[C@H]3O[C@]132. The second kappa shape index (κ2) is 7.17. The number of hydrogen-bond donors (Lipinski definition) is 0. The van der Waals surface area contributed by atoms with Crippen molar-refractivity contribution in [1.82, 2.24) is 0 Å². The molecule has 34 heavy (non-hydrogen) atoms. The van der Waals surface area contributed by atoms with Gasteiger partial charge in [-0.2, -0.15) is 0 Å². The van der Waals surface area contributed by atoms with Crippen molar-refractivity contribution in [1.29, 1.82) is 0 Å². The summed E-state index contributed by atoms with van der Waals surface area (Å²) in [6, 6.07) is 1.82. The van der Waals surface area contributed by atoms with Gasteiger partial charge in [-0.3, -0.25) is 9.59 Å². The maximum absolute atomic E-state index is 12.9. The minimum Gasteiger partial charge on any atom is -0.472 e. The van der Waals surface area contributed by atoms with Crippen LogP contribution in [-0.4, -0.2) is 36.5 Å². The highest BCUT2D eigenvalue weighted by atomic mass is 16.7. The summed E-state index contributed by atoms with van der Waals surface area (Å²) < 4.78 is 22.4. The van der Waals surface area contributed by atoms with Gasteiger partial charge in [0.15, 0.2) is 11.9 Å². The first-order valence-corrected chi connectivity index (χ1v) is 11.8. The largest absolute Gasteiger partial charge is 0.472 e. The molecule has 4 aliphatic rings. The van der Waals surface area contributed by atoms with Crippen LogP contribution < -0.4 is 0 Å². The van der Waals surface area contributed by atoms with Crippen LogP contribution in [0, 0.1) is 28.1 Å². The number of carbonyl (C=O) groups is 3. The minimum absolute atomic E-state index is 0.00915. The van der Waals surface area contributed by atoms with E-state index in [1.165, 1.54) is 7.11 Å². The quantitative estimate of drug-likeness (QED) is 0.368. The Kier molecular flexibility index (Phi) is 4.87. The number of methoxy groups -OCH3 is 1. The van der Waals surface area contributed by atoms with Crippen molar-refractivity contribution in [3.05, 3.63) is 48.5 Å². The summed E-state index contributed by atoms with van der Waals surface area (Å²) in [6.07, 6.45) is 7.16. The molecule has 1 saturated carbocycles. The van der Waals surface area contributed by atoms with Gasteiger partial charge in [0.1, 0.15) is 11.7 Å². The number of furan rings is 1. The third-order valence-corrected chi connectivity index (χ3v) is 9.39. The van der Waals surface area contributed by atoms with E-state index in [4.69, 9.17) is 18.6 Å². The molecule has 182 valence electrons. The number of hydrogen-bond acceptors (Lipinski definition) is 7. The molecule has 0 N–H and O–H groups in total. The zero-order valence-corrected chi connectivity index (χ0v) is 20.4. The standard InChI is InChI=1S/C27H32O7/c1-15-17(25(4)10-8-19(28)24(2,3)18(25)13-20(29)31-6)7-11-26(5)21(16-9-12-32-14-16)33-23(30)22-27(15,26)34-22/h8-10,12,14,17-18,21-22H,1,7,11,13H2,2-6H3/t17-,18-,21?,22+,25+,26-,27+/m0/s1. The van der Waals surface area contributed by atoms with Crippen LogP contribution in [0.4, 0.5) is 0 Å². The highest BCUT2D eigenvalue weighted by Gasteiger charge is 2.80. The van der Waals surface area contributed by atoms with Crippen molar-refractivity contribution in [2.75, 3.05) is 7.11 Å². The Morgan fingerprint density at radius 2 is 1.94 bits per heavy atom. The highest BCUT2D eigenvalue weighted by Crippen LogP contribution is 2.72.